The molecule has 0 spiro atoms. The number of ether oxygens (including phenoxy) is 1. The number of hydrogen-bond acceptors (Lipinski definition) is 6. The Morgan fingerprint density at radius 2 is 1.80 bits per heavy atom. The monoisotopic (exact) mass is 422 g/mol. The second-order valence-corrected chi connectivity index (χ2v) is 7.75. The molecule has 0 radical (unpaired) electrons. The lowest BCUT2D eigenvalue weighted by atomic mass is 10.0. The van der Waals surface area contributed by atoms with Crippen LogP contribution >= 0.6 is 11.3 Å². The van der Waals surface area contributed by atoms with E-state index in [4.69, 9.17) is 4.74 Å². The highest BCUT2D eigenvalue weighted by molar-refractivity contribution is 7.17. The van der Waals surface area contributed by atoms with E-state index >= 15 is 0 Å². The van der Waals surface area contributed by atoms with Crippen LogP contribution in [0.4, 0.5) is 5.00 Å². The summed E-state index contributed by atoms with van der Waals surface area (Å²) in [7, 11) is 1.56. The second-order valence-electron chi connectivity index (χ2n) is 6.52. The molecule has 1 heterocycles. The standard InChI is InChI=1S/C22H18N2O5S/c1-11-8-16(22(27)28)15(9-18(11)25)20(26)24-21-17(10-23)19(12(2)30-21)13-4-6-14(29-3)7-5-13/h4-9,25H,1-3H3,(H,24,26)(H,27,28). The number of anilines is 1. The number of aryl methyl sites for hydroxylation is 2. The van der Waals surface area contributed by atoms with E-state index in [1.807, 2.05) is 19.1 Å². The van der Waals surface area contributed by atoms with E-state index in [0.717, 1.165) is 16.5 Å². The number of phenols is 1. The van der Waals surface area contributed by atoms with Gasteiger partial charge in [0.1, 0.15) is 22.6 Å². The van der Waals surface area contributed by atoms with Gasteiger partial charge >= 0.3 is 5.97 Å². The van der Waals surface area contributed by atoms with Gasteiger partial charge in [0.05, 0.1) is 23.8 Å². The van der Waals surface area contributed by atoms with Crippen molar-refractivity contribution in [2.75, 3.05) is 12.4 Å². The molecule has 30 heavy (non-hydrogen) atoms. The van der Waals surface area contributed by atoms with Crippen LogP contribution < -0.4 is 10.1 Å². The topological polar surface area (TPSA) is 120 Å². The number of carbonyl (C=O) groups is 2. The van der Waals surface area contributed by atoms with Crippen LogP contribution in [0.1, 0.15) is 36.7 Å². The maximum absolute atomic E-state index is 12.8. The molecular weight excluding hydrogens is 404 g/mol. The van der Waals surface area contributed by atoms with Gasteiger partial charge in [-0.15, -0.1) is 11.3 Å². The molecule has 3 rings (SSSR count). The van der Waals surface area contributed by atoms with Gasteiger partial charge in [-0.3, -0.25) is 4.79 Å². The van der Waals surface area contributed by atoms with E-state index in [0.29, 0.717) is 21.9 Å². The number of nitrogens with one attached hydrogen (secondary N) is 1. The number of carbonyl (C=O) groups excluding carboxylic acids is 1. The second kappa shape index (κ2) is 8.27. The first-order chi connectivity index (χ1) is 14.3. The van der Waals surface area contributed by atoms with Crippen molar-refractivity contribution in [2.45, 2.75) is 13.8 Å². The molecule has 0 aliphatic rings. The van der Waals surface area contributed by atoms with Gasteiger partial charge in [0.15, 0.2) is 0 Å². The lowest BCUT2D eigenvalue weighted by Crippen LogP contribution is -2.16. The lowest BCUT2D eigenvalue weighted by Gasteiger charge is -2.09. The Hall–Kier alpha value is -3.83. The van der Waals surface area contributed by atoms with E-state index in [1.54, 1.807) is 26.2 Å². The molecule has 7 nitrogen and oxygen atoms in total. The minimum atomic E-state index is -1.29. The number of hydrogen-bond donors (Lipinski definition) is 3. The molecule has 0 bridgehead atoms. The molecule has 0 atom stereocenters. The van der Waals surface area contributed by atoms with E-state index in [1.165, 1.54) is 17.4 Å². The average Bonchev–Trinajstić information content (AvgIpc) is 3.04. The fourth-order valence-corrected chi connectivity index (χ4v) is 4.10. The number of nitrogens with zero attached hydrogens (tertiary/aromatic N) is 1. The molecular formula is C22H18N2O5S. The Morgan fingerprint density at radius 3 is 2.37 bits per heavy atom. The Labute approximate surface area is 176 Å². The summed E-state index contributed by atoms with van der Waals surface area (Å²) >= 11 is 1.22. The third-order valence-electron chi connectivity index (χ3n) is 4.61. The highest BCUT2D eigenvalue weighted by Crippen LogP contribution is 2.40. The molecule has 1 aromatic heterocycles. The number of carboxylic acid groups (broad SMARTS) is 1. The minimum absolute atomic E-state index is 0.188. The molecule has 3 N–H and O–H groups in total. The number of benzene rings is 2. The van der Waals surface area contributed by atoms with Gasteiger partial charge in [-0.2, -0.15) is 5.26 Å². The number of phenolic OH excluding ortho intramolecular Hbond substituents is 1. The predicted octanol–water partition coefficient (Wildman–Crippen LogP) is 4.57. The van der Waals surface area contributed by atoms with Gasteiger partial charge in [-0.1, -0.05) is 12.1 Å². The number of aromatic hydroxyl groups is 1. The minimum Gasteiger partial charge on any atom is -0.508 e. The van der Waals surface area contributed by atoms with E-state index in [-0.39, 0.29) is 22.4 Å². The third kappa shape index (κ3) is 3.83. The van der Waals surface area contributed by atoms with Crippen LogP contribution in [-0.2, 0) is 0 Å². The van der Waals surface area contributed by atoms with Gasteiger partial charge in [0.2, 0.25) is 0 Å². The van der Waals surface area contributed by atoms with E-state index < -0.39 is 11.9 Å². The largest absolute Gasteiger partial charge is 0.508 e. The van der Waals surface area contributed by atoms with Crippen molar-refractivity contribution in [3.63, 3.8) is 0 Å². The van der Waals surface area contributed by atoms with Gasteiger partial charge in [0.25, 0.3) is 5.91 Å². The van der Waals surface area contributed by atoms with Gasteiger partial charge < -0.3 is 20.3 Å². The summed E-state index contributed by atoms with van der Waals surface area (Å²) in [6.07, 6.45) is 0. The van der Waals surface area contributed by atoms with Crippen molar-refractivity contribution in [3.05, 3.63) is 63.5 Å². The molecule has 0 aliphatic carbocycles. The maximum atomic E-state index is 12.8. The maximum Gasteiger partial charge on any atom is 0.336 e. The van der Waals surface area contributed by atoms with E-state index in [9.17, 15) is 25.1 Å². The smallest absolute Gasteiger partial charge is 0.336 e. The number of rotatable bonds is 5. The summed E-state index contributed by atoms with van der Waals surface area (Å²) in [6.45, 7) is 3.38. The van der Waals surface area contributed by atoms with Crippen molar-refractivity contribution in [3.8, 4) is 28.7 Å². The van der Waals surface area contributed by atoms with Crippen molar-refractivity contribution in [1.29, 1.82) is 5.26 Å². The SMILES string of the molecule is COc1ccc(-c2c(C)sc(NC(=O)c3cc(O)c(C)cc3C(=O)O)c2C#N)cc1. The van der Waals surface area contributed by atoms with Crippen LogP contribution in [0.5, 0.6) is 11.5 Å². The molecule has 2 aromatic carbocycles. The highest BCUT2D eigenvalue weighted by Gasteiger charge is 2.23. The summed E-state index contributed by atoms with van der Waals surface area (Å²) in [4.78, 5) is 25.2. The van der Waals surface area contributed by atoms with E-state index in [2.05, 4.69) is 11.4 Å². The zero-order valence-corrected chi connectivity index (χ0v) is 17.3. The molecule has 0 aliphatic heterocycles. The quantitative estimate of drug-likeness (QED) is 0.554. The number of methoxy groups -OCH3 is 1. The fourth-order valence-electron chi connectivity index (χ4n) is 3.08. The molecule has 0 unspecified atom stereocenters. The number of amides is 1. The van der Waals surface area contributed by atoms with Crippen molar-refractivity contribution < 1.29 is 24.5 Å². The van der Waals surface area contributed by atoms with Gasteiger partial charge in [-0.25, -0.2) is 4.79 Å². The third-order valence-corrected chi connectivity index (χ3v) is 5.63. The van der Waals surface area contributed by atoms with Crippen LogP contribution in [0, 0.1) is 25.2 Å². The number of carboxylic acids is 1. The molecule has 0 saturated heterocycles. The number of aromatic carboxylic acids is 1. The van der Waals surface area contributed by atoms with Crippen LogP contribution in [0.3, 0.4) is 0 Å². The number of thiophene rings is 1. The lowest BCUT2D eigenvalue weighted by molar-refractivity contribution is 0.0692. The molecule has 1 amide bonds. The van der Waals surface area contributed by atoms with Crippen LogP contribution in [0.25, 0.3) is 11.1 Å². The fraction of sp³-hybridized carbons (Fsp3) is 0.136. The summed E-state index contributed by atoms with van der Waals surface area (Å²) < 4.78 is 5.16. The first-order valence-electron chi connectivity index (χ1n) is 8.83. The van der Waals surface area contributed by atoms with Crippen LogP contribution in [-0.4, -0.2) is 29.2 Å². The van der Waals surface area contributed by atoms with Crippen molar-refractivity contribution in [1.82, 2.24) is 0 Å². The van der Waals surface area contributed by atoms with Gasteiger partial charge in [0, 0.05) is 10.4 Å². The Morgan fingerprint density at radius 1 is 1.13 bits per heavy atom. The zero-order chi connectivity index (χ0) is 22.0. The predicted molar refractivity (Wildman–Crippen MR) is 114 cm³/mol. The van der Waals surface area contributed by atoms with Crippen molar-refractivity contribution >= 4 is 28.2 Å². The molecule has 0 saturated carbocycles. The number of nitriles is 1. The molecule has 0 fully saturated rings. The van der Waals surface area contributed by atoms with Gasteiger partial charge in [-0.05, 0) is 49.2 Å². The first kappa shape index (κ1) is 20.9. The Bertz CT molecular complexity index is 1190. The summed E-state index contributed by atoms with van der Waals surface area (Å²) in [5.41, 5.74) is 1.68. The summed E-state index contributed by atoms with van der Waals surface area (Å²) in [6, 6.07) is 11.7. The Kier molecular flexibility index (Phi) is 5.76. The highest BCUT2D eigenvalue weighted by atomic mass is 32.1. The van der Waals surface area contributed by atoms with Crippen molar-refractivity contribution in [2.24, 2.45) is 0 Å². The molecule has 3 aromatic rings. The molecule has 8 heteroatoms. The summed E-state index contributed by atoms with van der Waals surface area (Å²) in [5, 5.41) is 32.0. The zero-order valence-electron chi connectivity index (χ0n) is 16.4. The normalized spacial score (nSPS) is 10.3. The van der Waals surface area contributed by atoms with Crippen LogP contribution in [0.15, 0.2) is 36.4 Å². The Balaban J connectivity index is 2.02. The van der Waals surface area contributed by atoms with Crippen LogP contribution in [0.2, 0.25) is 0 Å². The molecule has 152 valence electrons. The average molecular weight is 422 g/mol. The first-order valence-corrected chi connectivity index (χ1v) is 9.64. The summed E-state index contributed by atoms with van der Waals surface area (Å²) in [5.74, 6) is -1.52.